The van der Waals surface area contributed by atoms with Gasteiger partial charge in [-0.2, -0.15) is 0 Å². The molecule has 4 N–H and O–H groups in total. The third-order valence-electron chi connectivity index (χ3n) is 16.2. The van der Waals surface area contributed by atoms with Crippen molar-refractivity contribution in [3.8, 4) is 17.0 Å². The van der Waals surface area contributed by atoms with Gasteiger partial charge in [0.1, 0.15) is 35.8 Å². The van der Waals surface area contributed by atoms with E-state index in [2.05, 4.69) is 66.8 Å². The first-order chi connectivity index (χ1) is 36.8. The standard InChI is InChI=1S/C54H62N11O11P/c1-31-20-35(13-15-60(31)36-6-8-39-40(23-36)51(69)65(50(39)68)43-9-11-47(67)64(52(43)70)30-76-77(72,73)74)59-16-17-61(32(2)28-59)37-7-10-46(56-27-37)58-42-21-34(26-57-49(42)75-5)38-12-14-55-48(41(38)29-66)63-19-18-62-44(53(63)71)22-33-24-54(3,4)25-45(33)62/h6-8,10,12,14,21-23,26-27,31-32,35,43,66H,9,11,13,15-20,24-25,28-30H2,1-5H3,(H,56,58)(H2,72,73,74)/t31-,32-,35?,43?/m0/s1. The number of piperidine rings is 2. The lowest BCUT2D eigenvalue weighted by atomic mass is 9.90. The number of imide groups is 2. The number of aliphatic hydroxyl groups excluding tert-OH is 1. The van der Waals surface area contributed by atoms with Crippen molar-refractivity contribution in [1.29, 1.82) is 0 Å². The molecule has 1 aliphatic carbocycles. The van der Waals surface area contributed by atoms with E-state index >= 15 is 0 Å². The summed E-state index contributed by atoms with van der Waals surface area (Å²) in [5, 5.41) is 14.2. The van der Waals surface area contributed by atoms with Gasteiger partial charge in [-0.05, 0) is 111 Å². The van der Waals surface area contributed by atoms with Crippen molar-refractivity contribution in [3.63, 3.8) is 0 Å². The molecule has 3 fully saturated rings. The molecule has 404 valence electrons. The highest BCUT2D eigenvalue weighted by Crippen LogP contribution is 2.42. The average Bonchev–Trinajstić information content (AvgIpc) is 4.01. The number of phosphoric acid groups is 1. The molecule has 77 heavy (non-hydrogen) atoms. The minimum Gasteiger partial charge on any atom is -0.480 e. The first-order valence-corrected chi connectivity index (χ1v) is 27.6. The van der Waals surface area contributed by atoms with Crippen LogP contribution in [0.2, 0.25) is 0 Å². The molecule has 11 rings (SSSR count). The second-order valence-corrected chi connectivity index (χ2v) is 22.9. The molecule has 6 aliphatic rings. The number of aromatic nitrogens is 4. The number of ether oxygens (including phenoxy) is 1. The van der Waals surface area contributed by atoms with Gasteiger partial charge in [0.15, 0.2) is 0 Å². The van der Waals surface area contributed by atoms with Gasteiger partial charge in [0.2, 0.25) is 11.8 Å². The van der Waals surface area contributed by atoms with Crippen LogP contribution in [0, 0.1) is 5.41 Å². The molecule has 9 heterocycles. The van der Waals surface area contributed by atoms with Gasteiger partial charge in [0.05, 0.1) is 36.7 Å². The van der Waals surface area contributed by atoms with Crippen molar-refractivity contribution in [2.75, 3.05) is 66.6 Å². The van der Waals surface area contributed by atoms with Crippen LogP contribution in [-0.2, 0) is 44.7 Å². The Morgan fingerprint density at radius 1 is 0.805 bits per heavy atom. The van der Waals surface area contributed by atoms with Crippen molar-refractivity contribution < 1.29 is 52.7 Å². The number of anilines is 5. The minimum atomic E-state index is -5.01. The Morgan fingerprint density at radius 3 is 2.31 bits per heavy atom. The molecular formula is C54H62N11O11P. The number of carbonyl (C=O) groups is 5. The van der Waals surface area contributed by atoms with Crippen molar-refractivity contribution in [2.45, 2.75) is 104 Å². The van der Waals surface area contributed by atoms with E-state index in [0.717, 1.165) is 61.6 Å². The van der Waals surface area contributed by atoms with Gasteiger partial charge >= 0.3 is 7.82 Å². The molecule has 0 spiro atoms. The van der Waals surface area contributed by atoms with Crippen molar-refractivity contribution in [2.24, 2.45) is 5.41 Å². The predicted molar refractivity (Wildman–Crippen MR) is 283 cm³/mol. The number of hydrogen-bond acceptors (Lipinski definition) is 16. The van der Waals surface area contributed by atoms with Crippen molar-refractivity contribution in [1.82, 2.24) is 34.2 Å². The van der Waals surface area contributed by atoms with Crippen LogP contribution in [-0.4, -0.2) is 149 Å². The highest BCUT2D eigenvalue weighted by Gasteiger charge is 2.48. The number of nitrogens with zero attached hydrogens (tertiary/aromatic N) is 10. The number of likely N-dealkylation sites (tertiary alicyclic amines) is 1. The molecule has 0 saturated carbocycles. The summed E-state index contributed by atoms with van der Waals surface area (Å²) in [5.74, 6) is -1.76. The second-order valence-electron chi connectivity index (χ2n) is 21.7. The van der Waals surface area contributed by atoms with Crippen molar-refractivity contribution in [3.05, 3.63) is 101 Å². The van der Waals surface area contributed by atoms with Crippen LogP contribution in [0.3, 0.4) is 0 Å². The SMILES string of the molecule is COc1ncc(-c2ccnc(N3CCn4c(cc5c4CC(C)(C)C5)C3=O)c2CO)cc1Nc1ccc(N2CCN(C3CCN(c4ccc5c(c4)C(=O)N(C4CCC(=O)N(COP(=O)(O)O)C4=O)C5=O)[C@@H](C)C3)C[C@@H]2C)cn1. The van der Waals surface area contributed by atoms with Crippen molar-refractivity contribution >= 4 is 66.1 Å². The topological polar surface area (TPSA) is 257 Å². The highest BCUT2D eigenvalue weighted by atomic mass is 31.2. The molecule has 22 nitrogen and oxygen atoms in total. The van der Waals surface area contributed by atoms with Gasteiger partial charge in [-0.1, -0.05) is 13.8 Å². The van der Waals surface area contributed by atoms with E-state index in [1.807, 2.05) is 42.6 Å². The zero-order valence-electron chi connectivity index (χ0n) is 43.6. The molecule has 4 atom stereocenters. The summed E-state index contributed by atoms with van der Waals surface area (Å²) < 4.78 is 23.5. The molecule has 0 bridgehead atoms. The molecular weight excluding hydrogens is 1010 g/mol. The van der Waals surface area contributed by atoms with Crippen LogP contribution in [0.5, 0.6) is 5.88 Å². The zero-order valence-corrected chi connectivity index (χ0v) is 44.5. The Labute approximate surface area is 444 Å². The maximum absolute atomic E-state index is 14.0. The van der Waals surface area contributed by atoms with Gasteiger partial charge in [0.25, 0.3) is 23.6 Å². The van der Waals surface area contributed by atoms with E-state index in [0.29, 0.717) is 76.2 Å². The number of benzene rings is 1. The lowest BCUT2D eigenvalue weighted by molar-refractivity contribution is -0.155. The molecule has 2 unspecified atom stereocenters. The van der Waals surface area contributed by atoms with E-state index in [9.17, 15) is 33.6 Å². The Hall–Kier alpha value is -7.07. The number of fused-ring (bicyclic) bond motifs is 4. The van der Waals surface area contributed by atoms with Crippen LogP contribution >= 0.6 is 7.82 Å². The number of piperazine rings is 1. The monoisotopic (exact) mass is 1070 g/mol. The summed E-state index contributed by atoms with van der Waals surface area (Å²) in [6.07, 6.45) is 8.49. The molecule has 5 aliphatic heterocycles. The Bertz CT molecular complexity index is 3270. The summed E-state index contributed by atoms with van der Waals surface area (Å²) >= 11 is 0. The quantitative estimate of drug-likeness (QED) is 0.0882. The summed E-state index contributed by atoms with van der Waals surface area (Å²) in [6.45, 7) is 11.8. The number of phosphoric ester groups is 1. The third kappa shape index (κ3) is 9.64. The lowest BCUT2D eigenvalue weighted by Gasteiger charge is -2.48. The number of amides is 5. The fraction of sp³-hybridized carbons (Fsp3) is 0.444. The second kappa shape index (κ2) is 20.1. The highest BCUT2D eigenvalue weighted by molar-refractivity contribution is 7.46. The summed E-state index contributed by atoms with van der Waals surface area (Å²) in [4.78, 5) is 110. The number of carbonyl (C=O) groups excluding carboxylic acids is 5. The first-order valence-electron chi connectivity index (χ1n) is 26.0. The Kier molecular flexibility index (Phi) is 13.5. The fourth-order valence-corrected chi connectivity index (χ4v) is 12.7. The van der Waals surface area contributed by atoms with Crippen LogP contribution in [0.25, 0.3) is 11.1 Å². The molecule has 23 heteroatoms. The summed E-state index contributed by atoms with van der Waals surface area (Å²) in [5.41, 5.74) is 7.87. The number of methoxy groups -OCH3 is 1. The number of rotatable bonds is 13. The van der Waals surface area contributed by atoms with Crippen LogP contribution in [0.15, 0.2) is 67.1 Å². The van der Waals surface area contributed by atoms with Crippen LogP contribution in [0.4, 0.5) is 28.7 Å². The van der Waals surface area contributed by atoms with E-state index in [1.165, 1.54) is 11.3 Å². The number of aliphatic hydroxyl groups is 1. The predicted octanol–water partition coefficient (Wildman–Crippen LogP) is 5.12. The van der Waals surface area contributed by atoms with Crippen LogP contribution < -0.4 is 24.8 Å². The third-order valence-corrected chi connectivity index (χ3v) is 16.6. The molecule has 3 saturated heterocycles. The van der Waals surface area contributed by atoms with E-state index in [4.69, 9.17) is 19.5 Å². The Morgan fingerprint density at radius 2 is 1.58 bits per heavy atom. The molecule has 5 aromatic rings. The number of nitrogens with one attached hydrogen (secondary N) is 1. The first kappa shape index (κ1) is 52.0. The summed E-state index contributed by atoms with van der Waals surface area (Å²) in [6, 6.07) is 14.1. The maximum atomic E-state index is 14.0. The normalized spacial score (nSPS) is 22.7. The van der Waals surface area contributed by atoms with Gasteiger partial charge in [-0.3, -0.25) is 48.1 Å². The van der Waals surface area contributed by atoms with Gasteiger partial charge < -0.3 is 39.3 Å². The van der Waals surface area contributed by atoms with E-state index < -0.39 is 44.2 Å². The Balaban J connectivity index is 0.710. The van der Waals surface area contributed by atoms with E-state index in [1.54, 1.807) is 36.5 Å². The minimum absolute atomic E-state index is 0.0999. The average molecular weight is 1070 g/mol. The molecule has 0 radical (unpaired) electrons. The van der Waals surface area contributed by atoms with Gasteiger partial charge in [0, 0.05) is 98.7 Å². The summed E-state index contributed by atoms with van der Waals surface area (Å²) in [7, 11) is -3.46. The maximum Gasteiger partial charge on any atom is 0.471 e. The van der Waals surface area contributed by atoms with Gasteiger partial charge in [-0.15, -0.1) is 0 Å². The van der Waals surface area contributed by atoms with E-state index in [-0.39, 0.29) is 54.0 Å². The molecule has 5 amide bonds. The fourth-order valence-electron chi connectivity index (χ4n) is 12.5. The van der Waals surface area contributed by atoms with Gasteiger partial charge in [-0.25, -0.2) is 19.5 Å². The number of hydrogen-bond donors (Lipinski definition) is 4. The number of pyridine rings is 3. The largest absolute Gasteiger partial charge is 0.480 e. The molecule has 4 aromatic heterocycles. The smallest absolute Gasteiger partial charge is 0.471 e. The lowest BCUT2D eigenvalue weighted by Crippen LogP contribution is -2.58. The molecule has 1 aromatic carbocycles. The van der Waals surface area contributed by atoms with Crippen LogP contribution in [0.1, 0.15) is 101 Å². The zero-order chi connectivity index (χ0) is 54.2.